The molecule has 12 heteroatoms. The second-order valence-corrected chi connectivity index (χ2v) is 14.7. The zero-order chi connectivity index (χ0) is 30.2. The van der Waals surface area contributed by atoms with Gasteiger partial charge in [0.25, 0.3) is 0 Å². The molecule has 0 spiro atoms. The van der Waals surface area contributed by atoms with Gasteiger partial charge in [0, 0.05) is 49.4 Å². The summed E-state index contributed by atoms with van der Waals surface area (Å²) in [6.45, 7) is 0. The predicted octanol–water partition coefficient (Wildman–Crippen LogP) is 8.87. The Morgan fingerprint density at radius 3 is 1.09 bits per heavy atom. The number of halogens is 4. The number of nitrogens with one attached hydrogen (secondary N) is 2. The van der Waals surface area contributed by atoms with Crippen LogP contribution in [0.25, 0.3) is 0 Å². The molecule has 3 aliphatic heterocycles. The Hall–Kier alpha value is -2.84. The van der Waals surface area contributed by atoms with E-state index in [2.05, 4.69) is 150 Å². The number of hydrogen-bond donors (Lipinski definition) is 2. The minimum absolute atomic E-state index is 0.422. The topological polar surface area (TPSA) is 80.0 Å². The quantitative estimate of drug-likeness (QED) is 0.201. The molecule has 0 fully saturated rings. The molecule has 0 bridgehead atoms. The van der Waals surface area contributed by atoms with Crippen LogP contribution >= 0.6 is 90.4 Å². The molecule has 0 saturated heterocycles. The van der Waals surface area contributed by atoms with E-state index in [1.54, 1.807) is 0 Å². The fourth-order valence-corrected chi connectivity index (χ4v) is 6.04. The maximum atomic E-state index is 5.02. The average molecular weight is 1020 g/mol. The van der Waals surface area contributed by atoms with Crippen LogP contribution in [0.4, 0.5) is 22.7 Å². The third-order valence-corrected chi connectivity index (χ3v) is 9.60. The van der Waals surface area contributed by atoms with Gasteiger partial charge in [-0.3, -0.25) is 9.80 Å². The number of anilines is 4. The molecule has 0 radical (unpaired) electrons. The first-order valence-electron chi connectivity index (χ1n) is 13.3. The van der Waals surface area contributed by atoms with E-state index in [1.807, 2.05) is 70.7 Å². The molecule has 2 N–H and O–H groups in total. The van der Waals surface area contributed by atoms with E-state index in [9.17, 15) is 0 Å². The highest BCUT2D eigenvalue weighted by Gasteiger charge is 2.34. The van der Waals surface area contributed by atoms with Crippen LogP contribution in [0.1, 0.15) is 0 Å². The van der Waals surface area contributed by atoms with Crippen LogP contribution in [0.3, 0.4) is 0 Å². The first kappa shape index (κ1) is 29.8. The average Bonchev–Trinajstić information content (AvgIpc) is 3.65. The number of fused-ring (bicyclic) bond motifs is 1. The highest BCUT2D eigenvalue weighted by atomic mass is 127. The molecule has 3 aliphatic rings. The van der Waals surface area contributed by atoms with Crippen molar-refractivity contribution in [2.45, 2.75) is 0 Å². The van der Waals surface area contributed by atoms with Crippen molar-refractivity contribution in [3.63, 3.8) is 0 Å². The Balaban J connectivity index is 1.32. The van der Waals surface area contributed by atoms with E-state index >= 15 is 0 Å². The minimum Gasteiger partial charge on any atom is -0.337 e. The molecule has 4 aromatic carbocycles. The lowest BCUT2D eigenvalue weighted by Gasteiger charge is -2.31. The zero-order valence-corrected chi connectivity index (χ0v) is 31.2. The summed E-state index contributed by atoms with van der Waals surface area (Å²) in [5.41, 5.74) is 3.79. The van der Waals surface area contributed by atoms with Crippen molar-refractivity contribution in [1.82, 2.24) is 0 Å². The standard InChI is InChI=1S/C32H20I4N8/c33-19-1-9-23(10-2-19)37-27-28(38-24-11-3-20(34)4-12-24)40-29(39-27)30-41-31-32(42-30)44(26-15-7-22(36)8-16-26)18-17-43(31)25-13-5-21(35)6-14-25/h1-18H,(H,37,39)(H,38,40). The van der Waals surface area contributed by atoms with Crippen LogP contribution in [0.5, 0.6) is 0 Å². The molecule has 44 heavy (non-hydrogen) atoms. The van der Waals surface area contributed by atoms with E-state index in [0.717, 1.165) is 37.0 Å². The fourth-order valence-electron chi connectivity index (χ4n) is 4.60. The first-order chi connectivity index (χ1) is 21.4. The molecule has 0 aliphatic carbocycles. The molecular weight excluding hydrogens is 1000 g/mol. The molecule has 0 atom stereocenters. The maximum absolute atomic E-state index is 5.02. The Bertz CT molecular complexity index is 1790. The van der Waals surface area contributed by atoms with Gasteiger partial charge < -0.3 is 10.6 Å². The lowest BCUT2D eigenvalue weighted by molar-refractivity contribution is 1.12. The van der Waals surface area contributed by atoms with E-state index in [-0.39, 0.29) is 0 Å². The summed E-state index contributed by atoms with van der Waals surface area (Å²) in [5.74, 6) is 3.43. The van der Waals surface area contributed by atoms with E-state index in [0.29, 0.717) is 35.0 Å². The summed E-state index contributed by atoms with van der Waals surface area (Å²) in [6, 6.07) is 32.9. The van der Waals surface area contributed by atoms with Gasteiger partial charge in [-0.1, -0.05) is 0 Å². The lowest BCUT2D eigenvalue weighted by atomic mass is 10.2. The molecule has 3 heterocycles. The molecule has 4 aromatic rings. The summed E-state index contributed by atoms with van der Waals surface area (Å²) in [5, 5.41) is 6.86. The second-order valence-electron chi connectivity index (χ2n) is 9.69. The van der Waals surface area contributed by atoms with E-state index in [1.165, 1.54) is 0 Å². The third-order valence-electron chi connectivity index (χ3n) is 6.73. The Kier molecular flexibility index (Phi) is 8.73. The SMILES string of the molecule is Ic1ccc(NC2=NC(=C3N=C4C(=N3)N(c3ccc(I)cc3)C=CN4c3ccc(I)cc3)N=C2Nc2ccc(I)cc2)cc1. The second kappa shape index (κ2) is 12.9. The Morgan fingerprint density at radius 2 is 0.727 bits per heavy atom. The van der Waals surface area contributed by atoms with Gasteiger partial charge in [0.05, 0.1) is 0 Å². The van der Waals surface area contributed by atoms with Gasteiger partial charge in [0.1, 0.15) is 0 Å². The largest absolute Gasteiger partial charge is 0.337 e. The molecule has 0 aromatic heterocycles. The van der Waals surface area contributed by atoms with E-state index < -0.39 is 0 Å². The molecular formula is C32H20I4N8. The van der Waals surface area contributed by atoms with Crippen LogP contribution in [-0.4, -0.2) is 23.3 Å². The molecule has 0 amide bonds. The van der Waals surface area contributed by atoms with Crippen molar-refractivity contribution in [2.75, 3.05) is 20.4 Å². The first-order valence-corrected chi connectivity index (χ1v) is 17.6. The van der Waals surface area contributed by atoms with Gasteiger partial charge >= 0.3 is 0 Å². The van der Waals surface area contributed by atoms with Crippen molar-refractivity contribution in [1.29, 1.82) is 0 Å². The Morgan fingerprint density at radius 1 is 0.409 bits per heavy atom. The van der Waals surface area contributed by atoms with Gasteiger partial charge in [0.15, 0.2) is 23.3 Å². The zero-order valence-electron chi connectivity index (χ0n) is 22.6. The normalized spacial score (nSPS) is 15.5. The van der Waals surface area contributed by atoms with Gasteiger partial charge in [-0.05, 0) is 187 Å². The molecule has 7 rings (SSSR count). The Labute approximate surface area is 308 Å². The van der Waals surface area contributed by atoms with Gasteiger partial charge in [-0.25, -0.2) is 20.0 Å². The fraction of sp³-hybridized carbons (Fsp3) is 0. The minimum atomic E-state index is 0.422. The van der Waals surface area contributed by atoms with Gasteiger partial charge in [-0.2, -0.15) is 0 Å². The maximum Gasteiger partial charge on any atom is 0.202 e. The van der Waals surface area contributed by atoms with Gasteiger partial charge in [-0.15, -0.1) is 0 Å². The summed E-state index contributed by atoms with van der Waals surface area (Å²) in [4.78, 5) is 23.9. The smallest absolute Gasteiger partial charge is 0.202 e. The van der Waals surface area contributed by atoms with Crippen LogP contribution < -0.4 is 20.4 Å². The van der Waals surface area contributed by atoms with Gasteiger partial charge in [0.2, 0.25) is 11.6 Å². The number of benzene rings is 4. The molecule has 0 saturated carbocycles. The lowest BCUT2D eigenvalue weighted by Crippen LogP contribution is -2.44. The van der Waals surface area contributed by atoms with Crippen molar-refractivity contribution in [2.24, 2.45) is 20.0 Å². The van der Waals surface area contributed by atoms with Crippen molar-refractivity contribution in [3.8, 4) is 0 Å². The third kappa shape index (κ3) is 6.43. The monoisotopic (exact) mass is 1020 g/mol. The highest BCUT2D eigenvalue weighted by molar-refractivity contribution is 14.1. The summed E-state index contributed by atoms with van der Waals surface area (Å²) >= 11 is 9.22. The summed E-state index contributed by atoms with van der Waals surface area (Å²) in [6.07, 6.45) is 4.03. The number of aliphatic imine (C=N–C) groups is 4. The van der Waals surface area contributed by atoms with Crippen LogP contribution in [0, 0.1) is 14.3 Å². The predicted molar refractivity (Wildman–Crippen MR) is 215 cm³/mol. The number of hydrogen-bond acceptors (Lipinski definition) is 8. The number of rotatable bonds is 4. The summed E-state index contributed by atoms with van der Waals surface area (Å²) < 4.78 is 4.63. The number of nitrogens with zero attached hydrogens (tertiary/aromatic N) is 6. The summed E-state index contributed by atoms with van der Waals surface area (Å²) in [7, 11) is 0. The number of amidine groups is 4. The molecule has 8 nitrogen and oxygen atoms in total. The van der Waals surface area contributed by atoms with Crippen molar-refractivity contribution in [3.05, 3.63) is 135 Å². The van der Waals surface area contributed by atoms with Crippen LogP contribution in [0.2, 0.25) is 0 Å². The van der Waals surface area contributed by atoms with Crippen molar-refractivity contribution < 1.29 is 0 Å². The van der Waals surface area contributed by atoms with Crippen LogP contribution in [-0.2, 0) is 0 Å². The van der Waals surface area contributed by atoms with E-state index in [4.69, 9.17) is 20.0 Å². The van der Waals surface area contributed by atoms with Crippen molar-refractivity contribution >= 4 is 136 Å². The highest BCUT2D eigenvalue weighted by Crippen LogP contribution is 2.31. The molecule has 0 unspecified atom stereocenters. The molecule has 216 valence electrons. The van der Waals surface area contributed by atoms with Crippen LogP contribution in [0.15, 0.2) is 141 Å².